The number of benzene rings is 1. The van der Waals surface area contributed by atoms with Crippen molar-refractivity contribution in [2.45, 2.75) is 6.92 Å². The predicted molar refractivity (Wildman–Crippen MR) is 59.6 cm³/mol. The van der Waals surface area contributed by atoms with Crippen molar-refractivity contribution >= 4 is 41.2 Å². The summed E-state index contributed by atoms with van der Waals surface area (Å²) in [6.45, 7) is 1.80. The summed E-state index contributed by atoms with van der Waals surface area (Å²) in [5.41, 5.74) is 2.17. The molecular weight excluding hydrogens is 189 g/mol. The van der Waals surface area contributed by atoms with E-state index in [2.05, 4.69) is 0 Å². The number of aryl methyl sites for hydroxylation is 1. The Kier molecular flexibility index (Phi) is 5.19. The van der Waals surface area contributed by atoms with E-state index in [1.807, 2.05) is 25.1 Å². The number of carbonyl (C=O) groups is 1. The number of hydrogen-bond donors (Lipinski definition) is 1. The summed E-state index contributed by atoms with van der Waals surface area (Å²) in [7, 11) is 3.85. The number of rotatable bonds is 2. The molecule has 1 rings (SSSR count). The van der Waals surface area contributed by atoms with Gasteiger partial charge in [0.2, 0.25) is 0 Å². The van der Waals surface area contributed by atoms with Gasteiger partial charge in [-0.25, -0.2) is 4.79 Å². The summed E-state index contributed by atoms with van der Waals surface area (Å²) in [6, 6.07) is 5.30. The molecule has 72 valence electrons. The van der Waals surface area contributed by atoms with Crippen LogP contribution in [0.25, 0.3) is 0 Å². The van der Waals surface area contributed by atoms with Gasteiger partial charge in [-0.15, -0.1) is 0 Å². The first-order valence-electron chi connectivity index (χ1n) is 4.03. The van der Waals surface area contributed by atoms with Crippen LogP contribution in [-0.4, -0.2) is 54.7 Å². The van der Waals surface area contributed by atoms with Crippen molar-refractivity contribution in [1.82, 2.24) is 0 Å². The molecule has 1 aromatic carbocycles. The van der Waals surface area contributed by atoms with Crippen LogP contribution in [0.5, 0.6) is 0 Å². The standard InChI is InChI=1S/C10H13NO2.Na.H/c1-7-6-8(11(2)3)4-5-9(7)10(12)13;;/h4-6H,1-3H3,(H,12,13);;. The first-order chi connectivity index (χ1) is 6.02. The molecule has 0 unspecified atom stereocenters. The maximum absolute atomic E-state index is 10.7. The zero-order valence-corrected chi connectivity index (χ0v) is 8.03. The van der Waals surface area contributed by atoms with Crippen molar-refractivity contribution in [3.63, 3.8) is 0 Å². The van der Waals surface area contributed by atoms with Crippen LogP contribution in [0.4, 0.5) is 5.69 Å². The van der Waals surface area contributed by atoms with E-state index in [1.54, 1.807) is 19.1 Å². The molecule has 0 saturated carbocycles. The molecule has 1 aromatic rings. The van der Waals surface area contributed by atoms with Gasteiger partial charge in [-0.3, -0.25) is 0 Å². The van der Waals surface area contributed by atoms with Crippen LogP contribution in [0.2, 0.25) is 0 Å². The zero-order chi connectivity index (χ0) is 10.0. The number of carboxylic acid groups (broad SMARTS) is 1. The molecule has 0 bridgehead atoms. The molecule has 0 spiro atoms. The predicted octanol–water partition coefficient (Wildman–Crippen LogP) is 1.11. The summed E-state index contributed by atoms with van der Waals surface area (Å²) in [5, 5.41) is 8.78. The van der Waals surface area contributed by atoms with Gasteiger partial charge in [-0.05, 0) is 30.7 Å². The van der Waals surface area contributed by atoms with Gasteiger partial charge in [0.1, 0.15) is 0 Å². The molecule has 0 amide bonds. The van der Waals surface area contributed by atoms with Gasteiger partial charge in [0.05, 0.1) is 5.56 Å². The van der Waals surface area contributed by atoms with Crippen molar-refractivity contribution < 1.29 is 9.90 Å². The van der Waals surface area contributed by atoms with Crippen LogP contribution in [0.1, 0.15) is 15.9 Å². The molecule has 0 fully saturated rings. The van der Waals surface area contributed by atoms with Crippen LogP contribution in [0.3, 0.4) is 0 Å². The van der Waals surface area contributed by atoms with Crippen molar-refractivity contribution in [2.75, 3.05) is 19.0 Å². The number of aromatic carboxylic acids is 1. The second-order valence-electron chi connectivity index (χ2n) is 3.20. The van der Waals surface area contributed by atoms with Gasteiger partial charge >= 0.3 is 35.5 Å². The molecule has 14 heavy (non-hydrogen) atoms. The van der Waals surface area contributed by atoms with Crippen molar-refractivity contribution in [3.05, 3.63) is 29.3 Å². The van der Waals surface area contributed by atoms with Crippen LogP contribution in [0.15, 0.2) is 18.2 Å². The maximum atomic E-state index is 10.7. The van der Waals surface area contributed by atoms with E-state index in [4.69, 9.17) is 5.11 Å². The SMILES string of the molecule is Cc1cc(N(C)C)ccc1C(=O)O.[NaH]. The Hall–Kier alpha value is -0.510. The second kappa shape index (κ2) is 5.39. The molecule has 0 aliphatic heterocycles. The second-order valence-corrected chi connectivity index (χ2v) is 3.20. The molecule has 0 saturated heterocycles. The molecule has 0 aromatic heterocycles. The van der Waals surface area contributed by atoms with E-state index < -0.39 is 5.97 Å². The minimum absolute atomic E-state index is 0. The Morgan fingerprint density at radius 1 is 1.36 bits per heavy atom. The number of hydrogen-bond acceptors (Lipinski definition) is 2. The van der Waals surface area contributed by atoms with Crippen molar-refractivity contribution in [3.8, 4) is 0 Å². The minimum atomic E-state index is -0.872. The molecule has 4 heteroatoms. The third-order valence-corrected chi connectivity index (χ3v) is 1.96. The van der Waals surface area contributed by atoms with Crippen molar-refractivity contribution in [1.29, 1.82) is 0 Å². The van der Waals surface area contributed by atoms with Gasteiger partial charge in [0.15, 0.2) is 0 Å². The molecule has 3 nitrogen and oxygen atoms in total. The first kappa shape index (κ1) is 13.5. The van der Waals surface area contributed by atoms with Crippen LogP contribution >= 0.6 is 0 Å². The summed E-state index contributed by atoms with van der Waals surface area (Å²) < 4.78 is 0. The summed E-state index contributed by atoms with van der Waals surface area (Å²) in [5.74, 6) is -0.872. The molecule has 1 N–H and O–H groups in total. The molecule has 0 atom stereocenters. The first-order valence-corrected chi connectivity index (χ1v) is 4.03. The fraction of sp³-hybridized carbons (Fsp3) is 0.300. The summed E-state index contributed by atoms with van der Waals surface area (Å²) in [6.07, 6.45) is 0. The van der Waals surface area contributed by atoms with Crippen LogP contribution in [-0.2, 0) is 0 Å². The van der Waals surface area contributed by atoms with E-state index in [9.17, 15) is 4.79 Å². The summed E-state index contributed by atoms with van der Waals surface area (Å²) >= 11 is 0. The molecule has 0 aliphatic carbocycles. The topological polar surface area (TPSA) is 40.5 Å². The Labute approximate surface area is 106 Å². The van der Waals surface area contributed by atoms with Gasteiger partial charge in [0.25, 0.3) is 0 Å². The van der Waals surface area contributed by atoms with Gasteiger partial charge in [-0.2, -0.15) is 0 Å². The average Bonchev–Trinajstić information content (AvgIpc) is 2.03. The number of nitrogens with zero attached hydrogens (tertiary/aromatic N) is 1. The monoisotopic (exact) mass is 203 g/mol. The Morgan fingerprint density at radius 3 is 2.29 bits per heavy atom. The van der Waals surface area contributed by atoms with E-state index in [-0.39, 0.29) is 29.6 Å². The average molecular weight is 203 g/mol. The Morgan fingerprint density at radius 2 is 1.93 bits per heavy atom. The Balaban J connectivity index is 0.00000169. The van der Waals surface area contributed by atoms with E-state index in [0.29, 0.717) is 5.56 Å². The third-order valence-electron chi connectivity index (χ3n) is 1.96. The van der Waals surface area contributed by atoms with Crippen molar-refractivity contribution in [2.24, 2.45) is 0 Å². The number of carboxylic acids is 1. The fourth-order valence-corrected chi connectivity index (χ4v) is 1.17. The van der Waals surface area contributed by atoms with Gasteiger partial charge in [0, 0.05) is 19.8 Å². The van der Waals surface area contributed by atoms with Gasteiger partial charge < -0.3 is 10.0 Å². The third kappa shape index (κ3) is 3.01. The molecule has 0 heterocycles. The zero-order valence-electron chi connectivity index (χ0n) is 8.03. The summed E-state index contributed by atoms with van der Waals surface area (Å²) in [4.78, 5) is 12.6. The fourth-order valence-electron chi connectivity index (χ4n) is 1.17. The van der Waals surface area contributed by atoms with E-state index in [1.165, 1.54) is 0 Å². The molecule has 0 aliphatic rings. The molecule has 0 radical (unpaired) electrons. The van der Waals surface area contributed by atoms with Crippen LogP contribution in [0, 0.1) is 6.92 Å². The Bertz CT molecular complexity index is 337. The number of anilines is 1. The quantitative estimate of drug-likeness (QED) is 0.732. The van der Waals surface area contributed by atoms with E-state index >= 15 is 0 Å². The van der Waals surface area contributed by atoms with Gasteiger partial charge in [-0.1, -0.05) is 0 Å². The normalized spacial score (nSPS) is 9.07. The molecular formula is C10H14NNaO2. The van der Waals surface area contributed by atoms with Crippen LogP contribution < -0.4 is 4.90 Å². The van der Waals surface area contributed by atoms with E-state index in [0.717, 1.165) is 11.3 Å².